The normalized spacial score (nSPS) is 12.4. The summed E-state index contributed by atoms with van der Waals surface area (Å²) in [5.41, 5.74) is 8.37. The van der Waals surface area contributed by atoms with Crippen molar-refractivity contribution in [3.05, 3.63) is 29.3 Å². The summed E-state index contributed by atoms with van der Waals surface area (Å²) in [6.07, 6.45) is 10.6. The van der Waals surface area contributed by atoms with Crippen molar-refractivity contribution in [2.75, 3.05) is 6.61 Å². The largest absolute Gasteiger partial charge is 0.493 e. The fourth-order valence-corrected chi connectivity index (χ4v) is 2.57. The molecule has 0 spiro atoms. The van der Waals surface area contributed by atoms with E-state index in [9.17, 15) is 0 Å². The number of ether oxygens (including phenoxy) is 1. The highest BCUT2D eigenvalue weighted by atomic mass is 16.5. The first-order valence-electron chi connectivity index (χ1n) is 8.64. The maximum Gasteiger partial charge on any atom is 0.124 e. The van der Waals surface area contributed by atoms with Crippen molar-refractivity contribution >= 4 is 0 Å². The first kappa shape index (κ1) is 18.0. The number of hydrogen-bond donors (Lipinski definition) is 1. The van der Waals surface area contributed by atoms with Gasteiger partial charge in [-0.05, 0) is 26.3 Å². The molecule has 0 amide bonds. The molecule has 0 unspecified atom stereocenters. The minimum Gasteiger partial charge on any atom is -0.493 e. The number of nitrogens with two attached hydrogens (primary N) is 1. The fraction of sp³-hybridized carbons (Fsp3) is 0.684. The molecule has 0 heterocycles. The minimum absolute atomic E-state index is 0.0264. The van der Waals surface area contributed by atoms with E-state index in [4.69, 9.17) is 10.5 Å². The molecule has 2 heteroatoms. The molecule has 0 fully saturated rings. The lowest BCUT2D eigenvalue weighted by molar-refractivity contribution is 0.300. The number of rotatable bonds is 11. The van der Waals surface area contributed by atoms with Gasteiger partial charge in [-0.1, -0.05) is 69.6 Å². The molecular weight excluding hydrogens is 258 g/mol. The van der Waals surface area contributed by atoms with Crippen molar-refractivity contribution in [3.63, 3.8) is 0 Å². The van der Waals surface area contributed by atoms with E-state index in [1.807, 2.05) is 6.92 Å². The van der Waals surface area contributed by atoms with Crippen molar-refractivity contribution in [3.8, 4) is 5.75 Å². The van der Waals surface area contributed by atoms with Gasteiger partial charge in [-0.2, -0.15) is 0 Å². The highest BCUT2D eigenvalue weighted by Crippen LogP contribution is 2.25. The topological polar surface area (TPSA) is 35.2 Å². The molecule has 21 heavy (non-hydrogen) atoms. The van der Waals surface area contributed by atoms with Gasteiger partial charge in [-0.15, -0.1) is 0 Å². The van der Waals surface area contributed by atoms with Crippen molar-refractivity contribution in [2.24, 2.45) is 5.73 Å². The molecule has 0 aromatic heterocycles. The molecule has 120 valence electrons. The number of aryl methyl sites for hydroxylation is 1. The Balaban J connectivity index is 2.18. The monoisotopic (exact) mass is 291 g/mol. The molecule has 2 nitrogen and oxygen atoms in total. The Morgan fingerprint density at radius 3 is 2.24 bits per heavy atom. The first-order valence-corrected chi connectivity index (χ1v) is 8.64. The standard InChI is InChI=1S/C19H33NO/c1-4-5-6-7-8-9-10-11-14-21-19-13-12-16(2)15-18(19)17(3)20/h12-13,15,17H,4-11,14,20H2,1-3H3/t17-/m0/s1. The molecule has 0 saturated carbocycles. The summed E-state index contributed by atoms with van der Waals surface area (Å²) in [6.45, 7) is 7.17. The summed E-state index contributed by atoms with van der Waals surface area (Å²) >= 11 is 0. The third-order valence-corrected chi connectivity index (χ3v) is 3.91. The molecule has 0 saturated heterocycles. The van der Waals surface area contributed by atoms with Gasteiger partial charge in [0.05, 0.1) is 6.61 Å². The second kappa shape index (κ2) is 10.7. The van der Waals surface area contributed by atoms with Crippen LogP contribution >= 0.6 is 0 Å². The van der Waals surface area contributed by atoms with Gasteiger partial charge < -0.3 is 10.5 Å². The zero-order valence-electron chi connectivity index (χ0n) is 14.2. The van der Waals surface area contributed by atoms with Crippen LogP contribution in [0, 0.1) is 6.92 Å². The first-order chi connectivity index (χ1) is 10.1. The second-order valence-corrected chi connectivity index (χ2v) is 6.15. The highest BCUT2D eigenvalue weighted by Gasteiger charge is 2.08. The van der Waals surface area contributed by atoms with E-state index in [2.05, 4.69) is 32.0 Å². The Labute approximate surface area is 131 Å². The van der Waals surface area contributed by atoms with Gasteiger partial charge in [0.1, 0.15) is 5.75 Å². The molecule has 2 N–H and O–H groups in total. The third-order valence-electron chi connectivity index (χ3n) is 3.91. The maximum atomic E-state index is 6.01. The van der Waals surface area contributed by atoms with Crippen LogP contribution in [0.3, 0.4) is 0 Å². The lowest BCUT2D eigenvalue weighted by atomic mass is 10.1. The van der Waals surface area contributed by atoms with Crippen LogP contribution in [0.5, 0.6) is 5.75 Å². The molecule has 0 aliphatic heterocycles. The van der Waals surface area contributed by atoms with Gasteiger partial charge in [0.2, 0.25) is 0 Å². The van der Waals surface area contributed by atoms with Crippen LogP contribution in [-0.4, -0.2) is 6.61 Å². The van der Waals surface area contributed by atoms with Crippen LogP contribution in [0.25, 0.3) is 0 Å². The van der Waals surface area contributed by atoms with Gasteiger partial charge >= 0.3 is 0 Å². The Bertz CT molecular complexity index is 387. The average molecular weight is 291 g/mol. The SMILES string of the molecule is CCCCCCCCCCOc1ccc(C)cc1[C@H](C)N. The predicted molar refractivity (Wildman–Crippen MR) is 91.9 cm³/mol. The molecule has 0 bridgehead atoms. The lowest BCUT2D eigenvalue weighted by Crippen LogP contribution is -2.09. The second-order valence-electron chi connectivity index (χ2n) is 6.15. The van der Waals surface area contributed by atoms with Crippen LogP contribution in [-0.2, 0) is 0 Å². The van der Waals surface area contributed by atoms with Gasteiger partial charge in [0, 0.05) is 11.6 Å². The van der Waals surface area contributed by atoms with E-state index in [1.165, 1.54) is 50.5 Å². The Morgan fingerprint density at radius 1 is 1.00 bits per heavy atom. The number of benzene rings is 1. The summed E-state index contributed by atoms with van der Waals surface area (Å²) in [5, 5.41) is 0. The van der Waals surface area contributed by atoms with E-state index in [1.54, 1.807) is 0 Å². The summed E-state index contributed by atoms with van der Waals surface area (Å²) in [4.78, 5) is 0. The zero-order valence-corrected chi connectivity index (χ0v) is 14.2. The predicted octanol–water partition coefficient (Wildman–Crippen LogP) is 5.53. The minimum atomic E-state index is 0.0264. The van der Waals surface area contributed by atoms with E-state index < -0.39 is 0 Å². The highest BCUT2D eigenvalue weighted by molar-refractivity contribution is 5.38. The van der Waals surface area contributed by atoms with Crippen LogP contribution in [0.15, 0.2) is 18.2 Å². The van der Waals surface area contributed by atoms with E-state index in [0.29, 0.717) is 0 Å². The van der Waals surface area contributed by atoms with Gasteiger partial charge in [-0.3, -0.25) is 0 Å². The third kappa shape index (κ3) is 7.52. The van der Waals surface area contributed by atoms with Crippen molar-refractivity contribution < 1.29 is 4.74 Å². The number of hydrogen-bond acceptors (Lipinski definition) is 2. The van der Waals surface area contributed by atoms with Crippen molar-refractivity contribution in [1.82, 2.24) is 0 Å². The van der Waals surface area contributed by atoms with Gasteiger partial charge in [-0.25, -0.2) is 0 Å². The van der Waals surface area contributed by atoms with Crippen LogP contribution in [0.1, 0.15) is 82.4 Å². The van der Waals surface area contributed by atoms with E-state index >= 15 is 0 Å². The molecule has 1 aromatic carbocycles. The van der Waals surface area contributed by atoms with Crippen molar-refractivity contribution in [1.29, 1.82) is 0 Å². The molecular formula is C19H33NO. The smallest absolute Gasteiger partial charge is 0.124 e. The summed E-state index contributed by atoms with van der Waals surface area (Å²) < 4.78 is 5.92. The van der Waals surface area contributed by atoms with Crippen LogP contribution in [0.2, 0.25) is 0 Å². The maximum absolute atomic E-state index is 6.01. The van der Waals surface area contributed by atoms with E-state index in [0.717, 1.165) is 24.3 Å². The molecule has 1 aromatic rings. The Morgan fingerprint density at radius 2 is 1.62 bits per heavy atom. The fourth-order valence-electron chi connectivity index (χ4n) is 2.57. The molecule has 0 aliphatic carbocycles. The summed E-state index contributed by atoms with van der Waals surface area (Å²) in [5.74, 6) is 0.957. The van der Waals surface area contributed by atoms with Crippen LogP contribution < -0.4 is 10.5 Å². The van der Waals surface area contributed by atoms with Crippen molar-refractivity contribution in [2.45, 2.75) is 78.2 Å². The molecule has 1 rings (SSSR count). The molecule has 1 atom stereocenters. The summed E-state index contributed by atoms with van der Waals surface area (Å²) in [6, 6.07) is 6.31. The van der Waals surface area contributed by atoms with Gasteiger partial charge in [0.15, 0.2) is 0 Å². The summed E-state index contributed by atoms with van der Waals surface area (Å²) in [7, 11) is 0. The Kier molecular flexibility index (Phi) is 9.16. The lowest BCUT2D eigenvalue weighted by Gasteiger charge is -2.14. The molecule has 0 radical (unpaired) electrons. The van der Waals surface area contributed by atoms with Gasteiger partial charge in [0.25, 0.3) is 0 Å². The average Bonchev–Trinajstić information content (AvgIpc) is 2.46. The molecule has 0 aliphatic rings. The quantitative estimate of drug-likeness (QED) is 0.544. The van der Waals surface area contributed by atoms with E-state index in [-0.39, 0.29) is 6.04 Å². The Hall–Kier alpha value is -1.02. The zero-order chi connectivity index (χ0) is 15.5. The van der Waals surface area contributed by atoms with Crippen LogP contribution in [0.4, 0.5) is 0 Å². The number of unbranched alkanes of at least 4 members (excludes halogenated alkanes) is 7.